The van der Waals surface area contributed by atoms with Crippen molar-refractivity contribution in [1.82, 2.24) is 0 Å². The standard InChI is InChI=1S/C15H15O6P/c16-7-10-1-4-13(19-10)22(14-5-2-11(8-17)20-14)15-6-3-12(9-18)21-15/h1-6,16-18H,7-9H2. The third kappa shape index (κ3) is 2.87. The molecular weight excluding hydrogens is 307 g/mol. The number of aliphatic hydroxyl groups excluding tert-OH is 3. The minimum atomic E-state index is -1.23. The largest absolute Gasteiger partial charge is 0.458 e. The molecule has 6 nitrogen and oxygen atoms in total. The number of hydrogen-bond acceptors (Lipinski definition) is 6. The van der Waals surface area contributed by atoms with Gasteiger partial charge >= 0.3 is 0 Å². The summed E-state index contributed by atoms with van der Waals surface area (Å²) in [5.74, 6) is 1.35. The van der Waals surface area contributed by atoms with Crippen molar-refractivity contribution in [3.05, 3.63) is 53.7 Å². The molecule has 0 spiro atoms. The van der Waals surface area contributed by atoms with Gasteiger partial charge in [0.25, 0.3) is 0 Å². The second-order valence-electron chi connectivity index (χ2n) is 4.53. The highest BCUT2D eigenvalue weighted by atomic mass is 31.1. The van der Waals surface area contributed by atoms with Gasteiger partial charge in [0.2, 0.25) is 0 Å². The zero-order chi connectivity index (χ0) is 15.5. The zero-order valence-electron chi connectivity index (χ0n) is 11.6. The van der Waals surface area contributed by atoms with E-state index < -0.39 is 7.92 Å². The van der Waals surface area contributed by atoms with E-state index in [9.17, 15) is 0 Å². The van der Waals surface area contributed by atoms with E-state index in [0.717, 1.165) is 0 Å². The van der Waals surface area contributed by atoms with Gasteiger partial charge in [0.15, 0.2) is 0 Å². The lowest BCUT2D eigenvalue weighted by atomic mass is 10.5. The Hall–Kier alpha value is -1.85. The van der Waals surface area contributed by atoms with Gasteiger partial charge in [0.05, 0.1) is 0 Å². The van der Waals surface area contributed by atoms with Crippen molar-refractivity contribution in [3.63, 3.8) is 0 Å². The third-order valence-electron chi connectivity index (χ3n) is 3.07. The van der Waals surface area contributed by atoms with Crippen LogP contribution in [0.4, 0.5) is 0 Å². The molecule has 0 aliphatic carbocycles. The van der Waals surface area contributed by atoms with Crippen molar-refractivity contribution < 1.29 is 28.6 Å². The van der Waals surface area contributed by atoms with Crippen molar-refractivity contribution in [2.45, 2.75) is 19.8 Å². The van der Waals surface area contributed by atoms with E-state index in [-0.39, 0.29) is 19.8 Å². The fourth-order valence-electron chi connectivity index (χ4n) is 2.04. The van der Waals surface area contributed by atoms with Gasteiger partial charge in [-0.25, -0.2) is 0 Å². The van der Waals surface area contributed by atoms with Crippen molar-refractivity contribution in [2.75, 3.05) is 0 Å². The van der Waals surface area contributed by atoms with Crippen molar-refractivity contribution in [3.8, 4) is 0 Å². The maximum absolute atomic E-state index is 9.16. The van der Waals surface area contributed by atoms with Crippen LogP contribution in [0.15, 0.2) is 49.6 Å². The summed E-state index contributed by atoms with van der Waals surface area (Å²) in [5, 5.41) is 27.5. The molecule has 0 saturated heterocycles. The Morgan fingerprint density at radius 1 is 0.591 bits per heavy atom. The van der Waals surface area contributed by atoms with Crippen molar-refractivity contribution in [2.24, 2.45) is 0 Å². The molecular formula is C15H15O6P. The molecule has 0 bridgehead atoms. The van der Waals surface area contributed by atoms with Gasteiger partial charge in [-0.3, -0.25) is 0 Å². The molecule has 7 heteroatoms. The summed E-state index contributed by atoms with van der Waals surface area (Å²) in [4.78, 5) is 0. The fraction of sp³-hybridized carbons (Fsp3) is 0.200. The SMILES string of the molecule is OCc1ccc(P(c2ccc(CO)o2)c2ccc(CO)o2)o1. The Bertz CT molecular complexity index is 640. The summed E-state index contributed by atoms with van der Waals surface area (Å²) in [6.45, 7) is -0.574. The van der Waals surface area contributed by atoms with Gasteiger partial charge in [-0.05, 0) is 36.4 Å². The van der Waals surface area contributed by atoms with E-state index in [1.165, 1.54) is 0 Å². The average Bonchev–Trinajstić information content (AvgIpc) is 3.28. The van der Waals surface area contributed by atoms with E-state index in [1.807, 2.05) is 0 Å². The first-order chi connectivity index (χ1) is 10.7. The van der Waals surface area contributed by atoms with E-state index in [4.69, 9.17) is 28.6 Å². The molecule has 3 aromatic rings. The number of aliphatic hydroxyl groups is 3. The lowest BCUT2D eigenvalue weighted by Crippen LogP contribution is -2.17. The van der Waals surface area contributed by atoms with Crippen LogP contribution >= 0.6 is 7.92 Å². The summed E-state index contributed by atoms with van der Waals surface area (Å²) in [6, 6.07) is 10.4. The Morgan fingerprint density at radius 2 is 0.909 bits per heavy atom. The van der Waals surface area contributed by atoms with Crippen LogP contribution < -0.4 is 16.5 Å². The van der Waals surface area contributed by atoms with Gasteiger partial charge in [0.1, 0.15) is 61.5 Å². The molecule has 0 aliphatic rings. The molecule has 0 atom stereocenters. The molecule has 3 aromatic heterocycles. The molecule has 0 saturated carbocycles. The molecule has 0 fully saturated rings. The topological polar surface area (TPSA) is 100 Å². The summed E-state index contributed by atoms with van der Waals surface area (Å²) < 4.78 is 16.9. The summed E-state index contributed by atoms with van der Waals surface area (Å²) in [6.07, 6.45) is 0. The molecule has 0 aliphatic heterocycles. The monoisotopic (exact) mass is 322 g/mol. The molecule has 0 unspecified atom stereocenters. The van der Waals surface area contributed by atoms with E-state index in [2.05, 4.69) is 0 Å². The van der Waals surface area contributed by atoms with Crippen molar-refractivity contribution >= 4 is 24.4 Å². The fourth-order valence-corrected chi connectivity index (χ4v) is 3.99. The smallest absolute Gasteiger partial charge is 0.141 e. The first-order valence-corrected chi connectivity index (χ1v) is 7.98. The van der Waals surface area contributed by atoms with Gasteiger partial charge < -0.3 is 28.6 Å². The predicted molar refractivity (Wildman–Crippen MR) is 79.7 cm³/mol. The number of hydrogen-bond donors (Lipinski definition) is 3. The Morgan fingerprint density at radius 3 is 1.14 bits per heavy atom. The van der Waals surface area contributed by atoms with E-state index in [0.29, 0.717) is 33.8 Å². The molecule has 22 heavy (non-hydrogen) atoms. The van der Waals surface area contributed by atoms with E-state index >= 15 is 0 Å². The maximum Gasteiger partial charge on any atom is 0.141 e. The first-order valence-electron chi connectivity index (χ1n) is 6.64. The molecule has 0 amide bonds. The van der Waals surface area contributed by atoms with Crippen LogP contribution in [0.2, 0.25) is 0 Å². The van der Waals surface area contributed by atoms with Gasteiger partial charge in [0, 0.05) is 0 Å². The van der Waals surface area contributed by atoms with Gasteiger partial charge in [-0.2, -0.15) is 0 Å². The Kier molecular flexibility index (Phi) is 4.45. The average molecular weight is 322 g/mol. The highest BCUT2D eigenvalue weighted by molar-refractivity contribution is 7.78. The number of rotatable bonds is 6. The highest BCUT2D eigenvalue weighted by Gasteiger charge is 2.27. The maximum atomic E-state index is 9.16. The second kappa shape index (κ2) is 6.50. The minimum Gasteiger partial charge on any atom is -0.458 e. The number of furan rings is 3. The van der Waals surface area contributed by atoms with Gasteiger partial charge in [-0.15, -0.1) is 0 Å². The lowest BCUT2D eigenvalue weighted by Gasteiger charge is -2.09. The highest BCUT2D eigenvalue weighted by Crippen LogP contribution is 2.35. The van der Waals surface area contributed by atoms with Crippen LogP contribution in [0.3, 0.4) is 0 Å². The third-order valence-corrected chi connectivity index (χ3v) is 5.11. The quantitative estimate of drug-likeness (QED) is 0.578. The first kappa shape index (κ1) is 15.1. The van der Waals surface area contributed by atoms with Gasteiger partial charge in [-0.1, -0.05) is 0 Å². The summed E-state index contributed by atoms with van der Waals surface area (Å²) >= 11 is 0. The predicted octanol–water partition coefficient (Wildman–Crippen LogP) is 0.701. The Labute approximate surface area is 127 Å². The van der Waals surface area contributed by atoms with E-state index in [1.54, 1.807) is 36.4 Å². The van der Waals surface area contributed by atoms with Crippen molar-refractivity contribution in [1.29, 1.82) is 0 Å². The summed E-state index contributed by atoms with van der Waals surface area (Å²) in [7, 11) is -1.23. The molecule has 116 valence electrons. The van der Waals surface area contributed by atoms with Crippen LogP contribution in [-0.2, 0) is 19.8 Å². The van der Waals surface area contributed by atoms with Crippen LogP contribution in [0.5, 0.6) is 0 Å². The molecule has 0 radical (unpaired) electrons. The van der Waals surface area contributed by atoms with Crippen LogP contribution in [0.1, 0.15) is 17.3 Å². The molecule has 3 N–H and O–H groups in total. The Balaban J connectivity index is 2.04. The van der Waals surface area contributed by atoms with Crippen LogP contribution in [0, 0.1) is 0 Å². The normalized spacial score (nSPS) is 11.5. The molecule has 0 aromatic carbocycles. The second-order valence-corrected chi connectivity index (χ2v) is 6.52. The summed E-state index contributed by atoms with van der Waals surface area (Å²) in [5.41, 5.74) is 1.82. The van der Waals surface area contributed by atoms with Crippen LogP contribution in [0.25, 0.3) is 0 Å². The lowest BCUT2D eigenvalue weighted by molar-refractivity contribution is 0.249. The molecule has 3 rings (SSSR count). The van der Waals surface area contributed by atoms with Crippen LogP contribution in [-0.4, -0.2) is 15.3 Å². The zero-order valence-corrected chi connectivity index (χ0v) is 12.5. The molecule has 3 heterocycles. The minimum absolute atomic E-state index is 0.191.